The van der Waals surface area contributed by atoms with Crippen LogP contribution in [-0.4, -0.2) is 19.2 Å². The van der Waals surface area contributed by atoms with Gasteiger partial charge in [-0.1, -0.05) is 19.1 Å². The highest BCUT2D eigenvalue weighted by Crippen LogP contribution is 2.40. The number of thiophene rings is 1. The smallest absolute Gasteiger partial charge is 0.342 e. The van der Waals surface area contributed by atoms with Crippen LogP contribution in [0.2, 0.25) is 0 Å². The first-order chi connectivity index (χ1) is 10.5. The van der Waals surface area contributed by atoms with E-state index < -0.39 is 0 Å². The Kier molecular flexibility index (Phi) is 5.08. The van der Waals surface area contributed by atoms with E-state index in [0.29, 0.717) is 10.6 Å². The van der Waals surface area contributed by atoms with Crippen LogP contribution < -0.4 is 10.5 Å². The number of aryl methyl sites for hydroxylation is 1. The van der Waals surface area contributed by atoms with E-state index >= 15 is 0 Å². The average molecular weight is 319 g/mol. The first-order valence-electron chi connectivity index (χ1n) is 7.24. The van der Waals surface area contributed by atoms with Crippen LogP contribution in [-0.2, 0) is 11.2 Å². The van der Waals surface area contributed by atoms with Gasteiger partial charge < -0.3 is 15.2 Å². The molecule has 5 heteroatoms. The summed E-state index contributed by atoms with van der Waals surface area (Å²) in [5.41, 5.74) is 8.37. The summed E-state index contributed by atoms with van der Waals surface area (Å²) in [5, 5.41) is 0.508. The van der Waals surface area contributed by atoms with E-state index in [1.807, 2.05) is 38.1 Å². The maximum atomic E-state index is 12.4. The van der Waals surface area contributed by atoms with Gasteiger partial charge in [-0.15, -0.1) is 11.3 Å². The first kappa shape index (κ1) is 16.4. The van der Waals surface area contributed by atoms with Gasteiger partial charge in [0.2, 0.25) is 0 Å². The summed E-state index contributed by atoms with van der Waals surface area (Å²) < 4.78 is 10.5. The van der Waals surface area contributed by atoms with Crippen molar-refractivity contribution in [2.75, 3.05) is 12.8 Å². The van der Waals surface area contributed by atoms with E-state index in [-0.39, 0.29) is 12.1 Å². The highest BCUT2D eigenvalue weighted by Gasteiger charge is 2.24. The van der Waals surface area contributed by atoms with Crippen molar-refractivity contribution in [1.82, 2.24) is 0 Å². The molecular weight excluding hydrogens is 298 g/mol. The highest BCUT2D eigenvalue weighted by molar-refractivity contribution is 7.17. The quantitative estimate of drug-likeness (QED) is 0.842. The second kappa shape index (κ2) is 6.83. The molecule has 0 bridgehead atoms. The van der Waals surface area contributed by atoms with E-state index in [0.717, 1.165) is 28.2 Å². The topological polar surface area (TPSA) is 61.6 Å². The number of anilines is 1. The molecule has 0 aliphatic rings. The fraction of sp³-hybridized carbons (Fsp3) is 0.353. The summed E-state index contributed by atoms with van der Waals surface area (Å²) in [4.78, 5) is 13.5. The van der Waals surface area contributed by atoms with Gasteiger partial charge in [-0.3, -0.25) is 0 Å². The zero-order chi connectivity index (χ0) is 16.3. The number of benzene rings is 1. The summed E-state index contributed by atoms with van der Waals surface area (Å²) >= 11 is 1.45. The Bertz CT molecular complexity index is 659. The number of carbonyl (C=O) groups excluding carboxylic acids is 1. The predicted octanol–water partition coefficient (Wildman–Crippen LogP) is 4.13. The first-order valence-corrected chi connectivity index (χ1v) is 8.06. The number of nitrogens with two attached hydrogens (primary N) is 1. The maximum Gasteiger partial charge on any atom is 0.342 e. The molecule has 0 saturated heterocycles. The molecule has 0 aliphatic heterocycles. The third kappa shape index (κ3) is 3.25. The molecule has 2 N–H and O–H groups in total. The number of hydrogen-bond donors (Lipinski definition) is 1. The summed E-state index contributed by atoms with van der Waals surface area (Å²) in [6, 6.07) is 7.62. The SMILES string of the molecule is CCc1sc(N)c(C(=O)OC(C)C)c1-c1ccc(OC)cc1. The molecule has 0 fully saturated rings. The van der Waals surface area contributed by atoms with Crippen LogP contribution in [0.25, 0.3) is 11.1 Å². The fourth-order valence-corrected chi connectivity index (χ4v) is 3.30. The van der Waals surface area contributed by atoms with Crippen LogP contribution in [0, 0.1) is 0 Å². The van der Waals surface area contributed by atoms with Crippen molar-refractivity contribution in [3.05, 3.63) is 34.7 Å². The number of ether oxygens (including phenoxy) is 2. The zero-order valence-corrected chi connectivity index (χ0v) is 14.1. The Morgan fingerprint density at radius 1 is 1.27 bits per heavy atom. The molecule has 2 aromatic rings. The van der Waals surface area contributed by atoms with Gasteiger partial charge in [0.25, 0.3) is 0 Å². The molecular formula is C17H21NO3S. The molecule has 4 nitrogen and oxygen atoms in total. The Morgan fingerprint density at radius 3 is 2.41 bits per heavy atom. The van der Waals surface area contributed by atoms with Crippen molar-refractivity contribution in [2.45, 2.75) is 33.3 Å². The van der Waals surface area contributed by atoms with Crippen molar-refractivity contribution in [2.24, 2.45) is 0 Å². The number of esters is 1. The lowest BCUT2D eigenvalue weighted by Crippen LogP contribution is -2.13. The molecule has 1 aromatic carbocycles. The lowest BCUT2D eigenvalue weighted by atomic mass is 10.00. The van der Waals surface area contributed by atoms with Crippen LogP contribution in [0.15, 0.2) is 24.3 Å². The lowest BCUT2D eigenvalue weighted by Gasteiger charge is -2.11. The van der Waals surface area contributed by atoms with E-state index in [2.05, 4.69) is 6.92 Å². The molecule has 22 heavy (non-hydrogen) atoms. The molecule has 2 rings (SSSR count). The molecule has 0 saturated carbocycles. The summed E-state index contributed by atoms with van der Waals surface area (Å²) in [7, 11) is 1.63. The van der Waals surface area contributed by atoms with Gasteiger partial charge in [-0.2, -0.15) is 0 Å². The van der Waals surface area contributed by atoms with Crippen molar-refractivity contribution in [3.8, 4) is 16.9 Å². The number of nitrogen functional groups attached to an aromatic ring is 1. The van der Waals surface area contributed by atoms with Crippen LogP contribution in [0.4, 0.5) is 5.00 Å². The van der Waals surface area contributed by atoms with Crippen molar-refractivity contribution >= 4 is 22.3 Å². The highest BCUT2D eigenvalue weighted by atomic mass is 32.1. The zero-order valence-electron chi connectivity index (χ0n) is 13.3. The summed E-state index contributed by atoms with van der Waals surface area (Å²) in [5.74, 6) is 0.408. The Morgan fingerprint density at radius 2 is 1.91 bits per heavy atom. The van der Waals surface area contributed by atoms with Gasteiger partial charge in [0.1, 0.15) is 16.3 Å². The minimum Gasteiger partial charge on any atom is -0.497 e. The third-order valence-corrected chi connectivity index (χ3v) is 4.42. The van der Waals surface area contributed by atoms with E-state index in [1.54, 1.807) is 7.11 Å². The Hall–Kier alpha value is -2.01. The van der Waals surface area contributed by atoms with Crippen LogP contribution in [0.3, 0.4) is 0 Å². The standard InChI is InChI=1S/C17H21NO3S/c1-5-13-14(11-6-8-12(20-4)9-7-11)15(16(18)22-13)17(19)21-10(2)3/h6-10H,5,18H2,1-4H3. The molecule has 1 heterocycles. The summed E-state index contributed by atoms with van der Waals surface area (Å²) in [6.07, 6.45) is 0.631. The maximum absolute atomic E-state index is 12.4. The largest absolute Gasteiger partial charge is 0.497 e. The monoisotopic (exact) mass is 319 g/mol. The van der Waals surface area contributed by atoms with Gasteiger partial charge in [0.15, 0.2) is 0 Å². The van der Waals surface area contributed by atoms with Gasteiger partial charge >= 0.3 is 5.97 Å². The molecule has 0 atom stereocenters. The van der Waals surface area contributed by atoms with E-state index in [9.17, 15) is 4.79 Å². The van der Waals surface area contributed by atoms with Gasteiger partial charge in [-0.05, 0) is 38.0 Å². The van der Waals surface area contributed by atoms with Crippen molar-refractivity contribution in [1.29, 1.82) is 0 Å². The van der Waals surface area contributed by atoms with Crippen LogP contribution in [0.5, 0.6) is 5.75 Å². The third-order valence-electron chi connectivity index (χ3n) is 3.26. The average Bonchev–Trinajstić information content (AvgIpc) is 2.83. The lowest BCUT2D eigenvalue weighted by molar-refractivity contribution is 0.0380. The number of carbonyl (C=O) groups is 1. The van der Waals surface area contributed by atoms with Crippen molar-refractivity contribution in [3.63, 3.8) is 0 Å². The molecule has 1 aromatic heterocycles. The Labute approximate surface area is 134 Å². The molecule has 0 spiro atoms. The normalized spacial score (nSPS) is 10.8. The second-order valence-electron chi connectivity index (χ2n) is 5.18. The van der Waals surface area contributed by atoms with Crippen LogP contribution in [0.1, 0.15) is 36.0 Å². The molecule has 0 unspecified atom stereocenters. The molecule has 0 aliphatic carbocycles. The second-order valence-corrected chi connectivity index (χ2v) is 6.31. The minimum atomic E-state index is -0.366. The minimum absolute atomic E-state index is 0.180. The molecule has 118 valence electrons. The molecule has 0 amide bonds. The van der Waals surface area contributed by atoms with Crippen LogP contribution >= 0.6 is 11.3 Å². The van der Waals surface area contributed by atoms with E-state index in [4.69, 9.17) is 15.2 Å². The van der Waals surface area contributed by atoms with Gasteiger partial charge in [0, 0.05) is 10.4 Å². The fourth-order valence-electron chi connectivity index (χ4n) is 2.29. The van der Waals surface area contributed by atoms with Crippen molar-refractivity contribution < 1.29 is 14.3 Å². The van der Waals surface area contributed by atoms with E-state index in [1.165, 1.54) is 11.3 Å². The van der Waals surface area contributed by atoms with Gasteiger partial charge in [-0.25, -0.2) is 4.79 Å². The number of methoxy groups -OCH3 is 1. The summed E-state index contributed by atoms with van der Waals surface area (Å²) in [6.45, 7) is 5.71. The predicted molar refractivity (Wildman–Crippen MR) is 90.6 cm³/mol. The Balaban J connectivity index is 2.54. The number of rotatable bonds is 5. The molecule has 0 radical (unpaired) electrons. The van der Waals surface area contributed by atoms with Gasteiger partial charge in [0.05, 0.1) is 13.2 Å². The number of hydrogen-bond acceptors (Lipinski definition) is 5.